The van der Waals surface area contributed by atoms with E-state index in [2.05, 4.69) is 60.6 Å². The van der Waals surface area contributed by atoms with E-state index in [1.165, 1.54) is 22.1 Å². The highest BCUT2D eigenvalue weighted by molar-refractivity contribution is 6.06. The van der Waals surface area contributed by atoms with Gasteiger partial charge in [0.15, 0.2) is 0 Å². The summed E-state index contributed by atoms with van der Waals surface area (Å²) in [5, 5.41) is 3.40. The third-order valence-corrected chi connectivity index (χ3v) is 6.30. The molecule has 0 atom stereocenters. The Balaban J connectivity index is 2.08. The SMILES string of the molecule is [C-]#[N+]C(C)(C)c1c2c([n+](C)c3ccccc13)-c1c(C)c(C)cc3cccc(c13)O2. The zero-order valence-electron chi connectivity index (χ0n) is 17.4. The van der Waals surface area contributed by atoms with E-state index < -0.39 is 5.54 Å². The molecular weight excluding hydrogens is 356 g/mol. The Morgan fingerprint density at radius 3 is 2.55 bits per heavy atom. The lowest BCUT2D eigenvalue weighted by atomic mass is 9.85. The first kappa shape index (κ1) is 17.7. The fourth-order valence-corrected chi connectivity index (χ4v) is 4.69. The van der Waals surface area contributed by atoms with E-state index in [1.807, 2.05) is 32.0 Å². The van der Waals surface area contributed by atoms with E-state index in [4.69, 9.17) is 11.3 Å². The third-order valence-electron chi connectivity index (χ3n) is 6.30. The van der Waals surface area contributed by atoms with Gasteiger partial charge in [-0.3, -0.25) is 0 Å². The Morgan fingerprint density at radius 1 is 1.03 bits per heavy atom. The van der Waals surface area contributed by atoms with Crippen LogP contribution in [0.3, 0.4) is 0 Å². The highest BCUT2D eigenvalue weighted by Crippen LogP contribution is 2.52. The number of para-hydroxylation sites is 1. The number of aryl methyl sites for hydroxylation is 2. The molecule has 4 aromatic rings. The maximum atomic E-state index is 7.89. The van der Waals surface area contributed by atoms with Gasteiger partial charge in [0, 0.05) is 25.3 Å². The molecule has 2 heterocycles. The first-order chi connectivity index (χ1) is 13.8. The summed E-state index contributed by atoms with van der Waals surface area (Å²) in [6.45, 7) is 16.2. The van der Waals surface area contributed by atoms with Crippen molar-refractivity contribution in [1.82, 2.24) is 0 Å². The number of rotatable bonds is 1. The molecule has 0 aliphatic carbocycles. The summed E-state index contributed by atoms with van der Waals surface area (Å²) >= 11 is 0. The fourth-order valence-electron chi connectivity index (χ4n) is 4.69. The summed E-state index contributed by atoms with van der Waals surface area (Å²) in [4.78, 5) is 3.98. The van der Waals surface area contributed by atoms with Crippen LogP contribution in [-0.2, 0) is 12.6 Å². The van der Waals surface area contributed by atoms with Gasteiger partial charge >= 0.3 is 0 Å². The standard InChI is InChI=1S/C26H23N2O/c1-15-14-17-10-9-13-20-22(17)21(16(15)2)24-25(29-20)23(26(3,4)27-5)18-11-7-8-12-19(18)28(24)6/h7-14H,1-4,6H3/q+1. The second-order valence-corrected chi connectivity index (χ2v) is 8.45. The first-order valence-corrected chi connectivity index (χ1v) is 9.90. The van der Waals surface area contributed by atoms with Gasteiger partial charge in [-0.25, -0.2) is 6.57 Å². The summed E-state index contributed by atoms with van der Waals surface area (Å²) in [5.74, 6) is 1.67. The van der Waals surface area contributed by atoms with Gasteiger partial charge in [-0.15, -0.1) is 0 Å². The van der Waals surface area contributed by atoms with Gasteiger partial charge < -0.3 is 9.58 Å². The van der Waals surface area contributed by atoms with Crippen molar-refractivity contribution >= 4 is 21.7 Å². The van der Waals surface area contributed by atoms with Crippen LogP contribution in [0.1, 0.15) is 30.5 Å². The summed E-state index contributed by atoms with van der Waals surface area (Å²) in [6, 6.07) is 16.8. The Bertz CT molecular complexity index is 1390. The Hall–Kier alpha value is -3.38. The summed E-state index contributed by atoms with van der Waals surface area (Å²) in [6.07, 6.45) is 0. The second-order valence-electron chi connectivity index (χ2n) is 8.45. The molecule has 0 amide bonds. The average Bonchev–Trinajstić information content (AvgIpc) is 2.71. The number of pyridine rings is 1. The minimum absolute atomic E-state index is 0.707. The molecule has 1 aliphatic heterocycles. The highest BCUT2D eigenvalue weighted by atomic mass is 16.5. The van der Waals surface area contributed by atoms with Crippen molar-refractivity contribution in [2.24, 2.45) is 7.05 Å². The molecule has 5 rings (SSSR count). The van der Waals surface area contributed by atoms with Crippen LogP contribution in [0.5, 0.6) is 11.5 Å². The molecule has 0 N–H and O–H groups in total. The lowest BCUT2D eigenvalue weighted by Crippen LogP contribution is -2.35. The number of fused-ring (bicyclic) bond motifs is 3. The molecule has 0 radical (unpaired) electrons. The van der Waals surface area contributed by atoms with Gasteiger partial charge in [0.05, 0.1) is 16.5 Å². The third kappa shape index (κ3) is 2.26. The van der Waals surface area contributed by atoms with E-state index >= 15 is 0 Å². The number of hydrogen-bond acceptors (Lipinski definition) is 1. The van der Waals surface area contributed by atoms with Crippen molar-refractivity contribution < 1.29 is 9.30 Å². The van der Waals surface area contributed by atoms with Crippen LogP contribution >= 0.6 is 0 Å². The van der Waals surface area contributed by atoms with Crippen LogP contribution in [0.2, 0.25) is 0 Å². The summed E-state index contributed by atoms with van der Waals surface area (Å²) in [7, 11) is 2.10. The van der Waals surface area contributed by atoms with E-state index in [0.717, 1.165) is 39.0 Å². The molecule has 3 nitrogen and oxygen atoms in total. The lowest BCUT2D eigenvalue weighted by Gasteiger charge is -2.26. The molecule has 0 fully saturated rings. The summed E-state index contributed by atoms with van der Waals surface area (Å²) < 4.78 is 8.82. The van der Waals surface area contributed by atoms with Crippen molar-refractivity contribution in [2.75, 3.05) is 0 Å². The zero-order valence-corrected chi connectivity index (χ0v) is 17.4. The molecule has 1 aromatic heterocycles. The number of ether oxygens (including phenoxy) is 1. The van der Waals surface area contributed by atoms with Gasteiger partial charge in [0.1, 0.15) is 12.8 Å². The Kier molecular flexibility index (Phi) is 3.55. The maximum Gasteiger partial charge on any atom is 0.257 e. The van der Waals surface area contributed by atoms with Crippen molar-refractivity contribution in [3.63, 3.8) is 0 Å². The second kappa shape index (κ2) is 5.81. The maximum absolute atomic E-state index is 7.89. The molecule has 142 valence electrons. The van der Waals surface area contributed by atoms with Gasteiger partial charge in [-0.05, 0) is 42.5 Å². The summed E-state index contributed by atoms with van der Waals surface area (Å²) in [5.41, 5.74) is 6.15. The Labute approximate surface area is 171 Å². The van der Waals surface area contributed by atoms with Crippen LogP contribution in [0.15, 0.2) is 48.5 Å². The van der Waals surface area contributed by atoms with Gasteiger partial charge in [-0.1, -0.05) is 30.3 Å². The van der Waals surface area contributed by atoms with Crippen LogP contribution in [0.25, 0.3) is 37.8 Å². The van der Waals surface area contributed by atoms with Crippen molar-refractivity contribution in [3.05, 3.63) is 76.6 Å². The highest BCUT2D eigenvalue weighted by Gasteiger charge is 2.42. The van der Waals surface area contributed by atoms with Crippen LogP contribution in [0.4, 0.5) is 0 Å². The largest absolute Gasteiger partial charge is 0.449 e. The monoisotopic (exact) mass is 379 g/mol. The predicted octanol–water partition coefficient (Wildman–Crippen LogP) is 6.36. The molecule has 0 unspecified atom stereocenters. The quantitative estimate of drug-likeness (QED) is 0.245. The number of benzene rings is 3. The molecule has 0 spiro atoms. The fraction of sp³-hybridized carbons (Fsp3) is 0.231. The topological polar surface area (TPSA) is 17.5 Å². The van der Waals surface area contributed by atoms with Crippen LogP contribution in [0, 0.1) is 20.4 Å². The lowest BCUT2D eigenvalue weighted by molar-refractivity contribution is -0.633. The molecule has 1 aliphatic rings. The predicted molar refractivity (Wildman–Crippen MR) is 117 cm³/mol. The normalized spacial score (nSPS) is 12.6. The average molecular weight is 379 g/mol. The van der Waals surface area contributed by atoms with E-state index in [9.17, 15) is 0 Å². The molecule has 0 saturated heterocycles. The van der Waals surface area contributed by atoms with Crippen molar-refractivity contribution in [1.29, 1.82) is 0 Å². The molecule has 29 heavy (non-hydrogen) atoms. The minimum Gasteiger partial charge on any atom is -0.449 e. The van der Waals surface area contributed by atoms with E-state index in [1.54, 1.807) is 0 Å². The van der Waals surface area contributed by atoms with Crippen LogP contribution in [-0.4, -0.2) is 0 Å². The molecule has 3 heteroatoms. The van der Waals surface area contributed by atoms with Gasteiger partial charge in [0.2, 0.25) is 11.3 Å². The Morgan fingerprint density at radius 2 is 1.79 bits per heavy atom. The molecule has 0 saturated carbocycles. The van der Waals surface area contributed by atoms with Gasteiger partial charge in [0.25, 0.3) is 11.2 Å². The van der Waals surface area contributed by atoms with Crippen molar-refractivity contribution in [3.8, 4) is 22.8 Å². The van der Waals surface area contributed by atoms with E-state index in [-0.39, 0.29) is 0 Å². The number of aromatic nitrogens is 1. The number of nitrogens with zero attached hydrogens (tertiary/aromatic N) is 2. The molecule has 0 bridgehead atoms. The van der Waals surface area contributed by atoms with Crippen molar-refractivity contribution in [2.45, 2.75) is 33.2 Å². The van der Waals surface area contributed by atoms with E-state index in [0.29, 0.717) is 0 Å². The minimum atomic E-state index is -0.707. The number of hydrogen-bond donors (Lipinski definition) is 0. The zero-order chi connectivity index (χ0) is 20.5. The first-order valence-electron chi connectivity index (χ1n) is 9.90. The van der Waals surface area contributed by atoms with Gasteiger partial charge in [-0.2, -0.15) is 4.57 Å². The smallest absolute Gasteiger partial charge is 0.257 e. The molecular formula is C26H23N2O+. The molecule has 3 aromatic carbocycles. The van der Waals surface area contributed by atoms with Crippen LogP contribution < -0.4 is 9.30 Å².